The molecule has 18 heavy (non-hydrogen) atoms. The summed E-state index contributed by atoms with van der Waals surface area (Å²) in [7, 11) is 4.22. The van der Waals surface area contributed by atoms with E-state index in [0.29, 0.717) is 0 Å². The summed E-state index contributed by atoms with van der Waals surface area (Å²) < 4.78 is 0. The van der Waals surface area contributed by atoms with E-state index in [0.717, 1.165) is 32.6 Å². The lowest BCUT2D eigenvalue weighted by Gasteiger charge is -2.18. The van der Waals surface area contributed by atoms with E-state index in [1.807, 2.05) is 0 Å². The molecule has 0 bridgehead atoms. The third-order valence-corrected chi connectivity index (χ3v) is 3.43. The van der Waals surface area contributed by atoms with Crippen LogP contribution in [0.4, 0.5) is 5.69 Å². The zero-order chi connectivity index (χ0) is 12.8. The number of fused-ring (bicyclic) bond motifs is 1. The lowest BCUT2D eigenvalue weighted by molar-refractivity contribution is 0.401. The number of hydrogen-bond acceptors (Lipinski definition) is 3. The van der Waals surface area contributed by atoms with Crippen LogP contribution in [0, 0.1) is 0 Å². The van der Waals surface area contributed by atoms with Gasteiger partial charge in [0.2, 0.25) is 0 Å². The molecule has 0 radical (unpaired) electrons. The molecule has 0 atom stereocenters. The molecule has 0 saturated carbocycles. The van der Waals surface area contributed by atoms with Crippen LogP contribution in [-0.2, 0) is 12.8 Å². The Morgan fingerprint density at radius 2 is 2.17 bits per heavy atom. The van der Waals surface area contributed by atoms with Gasteiger partial charge < -0.3 is 15.5 Å². The van der Waals surface area contributed by atoms with Crippen molar-refractivity contribution >= 4 is 5.69 Å². The molecule has 1 heterocycles. The predicted octanol–water partition coefficient (Wildman–Crippen LogP) is 1.74. The van der Waals surface area contributed by atoms with Crippen molar-refractivity contribution in [2.24, 2.45) is 0 Å². The van der Waals surface area contributed by atoms with Crippen molar-refractivity contribution in [3.05, 3.63) is 29.3 Å². The van der Waals surface area contributed by atoms with Crippen molar-refractivity contribution in [2.45, 2.75) is 19.3 Å². The Labute approximate surface area is 111 Å². The third kappa shape index (κ3) is 4.00. The Kier molecular flexibility index (Phi) is 5.02. The van der Waals surface area contributed by atoms with E-state index < -0.39 is 0 Å². The molecule has 1 aromatic carbocycles. The van der Waals surface area contributed by atoms with Crippen molar-refractivity contribution in [1.29, 1.82) is 0 Å². The minimum absolute atomic E-state index is 1.07. The Morgan fingerprint density at radius 1 is 1.28 bits per heavy atom. The summed E-state index contributed by atoms with van der Waals surface area (Å²) in [6, 6.07) is 6.86. The van der Waals surface area contributed by atoms with E-state index in [1.165, 1.54) is 29.7 Å². The van der Waals surface area contributed by atoms with Crippen molar-refractivity contribution < 1.29 is 0 Å². The van der Waals surface area contributed by atoms with Gasteiger partial charge in [0, 0.05) is 25.3 Å². The molecular weight excluding hydrogens is 222 g/mol. The second kappa shape index (κ2) is 6.76. The predicted molar refractivity (Wildman–Crippen MR) is 78.4 cm³/mol. The molecule has 100 valence electrons. The van der Waals surface area contributed by atoms with Crippen LogP contribution < -0.4 is 10.6 Å². The number of likely N-dealkylation sites (N-methyl/N-ethyl adjacent to an activating group) is 1. The van der Waals surface area contributed by atoms with Gasteiger partial charge in [-0.1, -0.05) is 12.1 Å². The van der Waals surface area contributed by atoms with Crippen LogP contribution >= 0.6 is 0 Å². The SMILES string of the molecule is CN(C)CCNCCc1ccc2c(c1)CCCN2. The molecule has 0 amide bonds. The van der Waals surface area contributed by atoms with Crippen LogP contribution in [0.1, 0.15) is 17.5 Å². The number of benzene rings is 1. The van der Waals surface area contributed by atoms with E-state index in [-0.39, 0.29) is 0 Å². The van der Waals surface area contributed by atoms with E-state index in [2.05, 4.69) is 47.8 Å². The highest BCUT2D eigenvalue weighted by Gasteiger charge is 2.08. The second-order valence-electron chi connectivity index (χ2n) is 5.33. The second-order valence-corrected chi connectivity index (χ2v) is 5.33. The first-order valence-electron chi connectivity index (χ1n) is 6.97. The number of anilines is 1. The van der Waals surface area contributed by atoms with E-state index >= 15 is 0 Å². The molecule has 0 spiro atoms. The Balaban J connectivity index is 1.76. The molecule has 3 nitrogen and oxygen atoms in total. The van der Waals surface area contributed by atoms with Crippen molar-refractivity contribution in [2.75, 3.05) is 45.6 Å². The monoisotopic (exact) mass is 247 g/mol. The van der Waals surface area contributed by atoms with Gasteiger partial charge in [0.1, 0.15) is 0 Å². The molecule has 2 rings (SSSR count). The summed E-state index contributed by atoms with van der Waals surface area (Å²) >= 11 is 0. The fourth-order valence-corrected chi connectivity index (χ4v) is 2.34. The van der Waals surface area contributed by atoms with Crippen LogP contribution in [0.3, 0.4) is 0 Å². The molecule has 0 saturated heterocycles. The molecule has 0 fully saturated rings. The van der Waals surface area contributed by atoms with Gasteiger partial charge in [-0.2, -0.15) is 0 Å². The van der Waals surface area contributed by atoms with E-state index in [1.54, 1.807) is 0 Å². The average molecular weight is 247 g/mol. The maximum atomic E-state index is 3.49. The number of hydrogen-bond donors (Lipinski definition) is 2. The van der Waals surface area contributed by atoms with E-state index in [4.69, 9.17) is 0 Å². The molecule has 0 aromatic heterocycles. The van der Waals surface area contributed by atoms with Crippen molar-refractivity contribution in [3.63, 3.8) is 0 Å². The van der Waals surface area contributed by atoms with Crippen molar-refractivity contribution in [3.8, 4) is 0 Å². The highest BCUT2D eigenvalue weighted by Crippen LogP contribution is 2.22. The third-order valence-electron chi connectivity index (χ3n) is 3.43. The molecular formula is C15H25N3. The fourth-order valence-electron chi connectivity index (χ4n) is 2.34. The van der Waals surface area contributed by atoms with Gasteiger partial charge in [0.05, 0.1) is 0 Å². The number of nitrogens with zero attached hydrogens (tertiary/aromatic N) is 1. The molecule has 3 heteroatoms. The quantitative estimate of drug-likeness (QED) is 0.750. The van der Waals surface area contributed by atoms with Gasteiger partial charge >= 0.3 is 0 Å². The summed E-state index contributed by atoms with van der Waals surface area (Å²) in [5.41, 5.74) is 4.28. The van der Waals surface area contributed by atoms with Crippen molar-refractivity contribution in [1.82, 2.24) is 10.2 Å². The summed E-state index contributed by atoms with van der Waals surface area (Å²) in [6.07, 6.45) is 3.61. The molecule has 0 aliphatic carbocycles. The van der Waals surface area contributed by atoms with Crippen LogP contribution in [0.15, 0.2) is 18.2 Å². The van der Waals surface area contributed by atoms with Crippen LogP contribution in [-0.4, -0.2) is 45.2 Å². The summed E-state index contributed by atoms with van der Waals surface area (Å²) in [5.74, 6) is 0. The molecule has 2 N–H and O–H groups in total. The minimum Gasteiger partial charge on any atom is -0.385 e. The standard InChI is InChI=1S/C15H25N3/c1-18(2)11-10-16-9-7-13-5-6-15-14(12-13)4-3-8-17-15/h5-6,12,16-17H,3-4,7-11H2,1-2H3. The first-order chi connectivity index (χ1) is 8.75. The smallest absolute Gasteiger partial charge is 0.0372 e. The first kappa shape index (κ1) is 13.4. The number of aryl methyl sites for hydroxylation is 1. The van der Waals surface area contributed by atoms with Gasteiger partial charge in [0.25, 0.3) is 0 Å². The zero-order valence-corrected chi connectivity index (χ0v) is 11.6. The topological polar surface area (TPSA) is 27.3 Å². The fraction of sp³-hybridized carbons (Fsp3) is 0.600. The Morgan fingerprint density at radius 3 is 3.00 bits per heavy atom. The van der Waals surface area contributed by atoms with Gasteiger partial charge in [-0.25, -0.2) is 0 Å². The maximum Gasteiger partial charge on any atom is 0.0372 e. The minimum atomic E-state index is 1.07. The normalized spacial score (nSPS) is 14.4. The van der Waals surface area contributed by atoms with E-state index in [9.17, 15) is 0 Å². The highest BCUT2D eigenvalue weighted by molar-refractivity contribution is 5.54. The van der Waals surface area contributed by atoms with Crippen LogP contribution in [0.25, 0.3) is 0 Å². The number of rotatable bonds is 6. The molecule has 1 aromatic rings. The van der Waals surface area contributed by atoms with Gasteiger partial charge in [-0.15, -0.1) is 0 Å². The number of nitrogens with one attached hydrogen (secondary N) is 2. The van der Waals surface area contributed by atoms with Gasteiger partial charge in [-0.3, -0.25) is 0 Å². The molecule has 1 aliphatic rings. The lowest BCUT2D eigenvalue weighted by atomic mass is 9.99. The van der Waals surface area contributed by atoms with Gasteiger partial charge in [-0.05, 0) is 57.1 Å². The average Bonchev–Trinajstić information content (AvgIpc) is 2.38. The summed E-state index contributed by atoms with van der Waals surface area (Å²) in [5, 5.41) is 6.95. The first-order valence-corrected chi connectivity index (χ1v) is 6.97. The summed E-state index contributed by atoms with van der Waals surface area (Å²) in [4.78, 5) is 2.21. The van der Waals surface area contributed by atoms with Gasteiger partial charge in [0.15, 0.2) is 0 Å². The largest absolute Gasteiger partial charge is 0.385 e. The highest BCUT2D eigenvalue weighted by atomic mass is 15.1. The molecule has 1 aliphatic heterocycles. The Hall–Kier alpha value is -1.06. The Bertz CT molecular complexity index is 374. The van der Waals surface area contributed by atoms with Crippen LogP contribution in [0.5, 0.6) is 0 Å². The lowest BCUT2D eigenvalue weighted by Crippen LogP contribution is -2.28. The van der Waals surface area contributed by atoms with Crippen LogP contribution in [0.2, 0.25) is 0 Å². The summed E-state index contributed by atoms with van der Waals surface area (Å²) in [6.45, 7) is 4.37. The molecule has 0 unspecified atom stereocenters. The maximum absolute atomic E-state index is 3.49. The zero-order valence-electron chi connectivity index (χ0n) is 11.6.